The lowest BCUT2D eigenvalue weighted by atomic mass is 9.68. The van der Waals surface area contributed by atoms with Gasteiger partial charge in [-0.1, -0.05) is 13.3 Å². The molecule has 1 rings (SSSR count). The van der Waals surface area contributed by atoms with Crippen molar-refractivity contribution in [2.45, 2.75) is 39.2 Å². The van der Waals surface area contributed by atoms with Gasteiger partial charge < -0.3 is 10.6 Å². The second-order valence-electron chi connectivity index (χ2n) is 5.73. The van der Waals surface area contributed by atoms with Gasteiger partial charge in [-0.05, 0) is 52.4 Å². The average molecular weight is 227 g/mol. The van der Waals surface area contributed by atoms with Crippen molar-refractivity contribution >= 4 is 0 Å². The van der Waals surface area contributed by atoms with Crippen molar-refractivity contribution in [3.05, 3.63) is 0 Å². The van der Waals surface area contributed by atoms with Gasteiger partial charge in [-0.3, -0.25) is 4.90 Å². The standard InChI is InChI=1S/C13H29N3/c1-5-16(12(2)9-15(3)4)11-13(10-14)7-6-8-13/h12H,5-11,14H2,1-4H3. The molecule has 96 valence electrons. The monoisotopic (exact) mass is 227 g/mol. The lowest BCUT2D eigenvalue weighted by Crippen LogP contribution is -2.51. The summed E-state index contributed by atoms with van der Waals surface area (Å²) in [6.45, 7) is 8.90. The van der Waals surface area contributed by atoms with Gasteiger partial charge in [-0.25, -0.2) is 0 Å². The van der Waals surface area contributed by atoms with E-state index < -0.39 is 0 Å². The zero-order valence-electron chi connectivity index (χ0n) is 11.5. The topological polar surface area (TPSA) is 32.5 Å². The van der Waals surface area contributed by atoms with Crippen LogP contribution < -0.4 is 5.73 Å². The third kappa shape index (κ3) is 3.44. The van der Waals surface area contributed by atoms with Gasteiger partial charge in [0.05, 0.1) is 0 Å². The smallest absolute Gasteiger partial charge is 0.0194 e. The quantitative estimate of drug-likeness (QED) is 0.713. The van der Waals surface area contributed by atoms with Gasteiger partial charge in [0.25, 0.3) is 0 Å². The molecule has 0 bridgehead atoms. The van der Waals surface area contributed by atoms with Crippen LogP contribution in [0.2, 0.25) is 0 Å². The normalized spacial score (nSPS) is 21.2. The zero-order valence-corrected chi connectivity index (χ0v) is 11.5. The van der Waals surface area contributed by atoms with E-state index >= 15 is 0 Å². The van der Waals surface area contributed by atoms with Gasteiger partial charge in [-0.2, -0.15) is 0 Å². The Morgan fingerprint density at radius 2 is 1.94 bits per heavy atom. The first-order valence-electron chi connectivity index (χ1n) is 6.62. The number of nitrogens with two attached hydrogens (primary N) is 1. The molecule has 0 radical (unpaired) electrons. The number of nitrogens with zero attached hydrogens (tertiary/aromatic N) is 2. The van der Waals surface area contributed by atoms with Crippen molar-refractivity contribution in [2.24, 2.45) is 11.1 Å². The molecule has 1 fully saturated rings. The van der Waals surface area contributed by atoms with Crippen LogP contribution in [0.1, 0.15) is 33.1 Å². The van der Waals surface area contributed by atoms with Crippen LogP contribution in [-0.4, -0.2) is 56.1 Å². The first kappa shape index (κ1) is 13.9. The first-order chi connectivity index (χ1) is 7.53. The number of likely N-dealkylation sites (N-methyl/N-ethyl adjacent to an activating group) is 2. The number of hydrogen-bond donors (Lipinski definition) is 1. The lowest BCUT2D eigenvalue weighted by Gasteiger charge is -2.46. The van der Waals surface area contributed by atoms with Crippen LogP contribution in [0.15, 0.2) is 0 Å². The molecule has 0 aliphatic heterocycles. The van der Waals surface area contributed by atoms with Gasteiger partial charge in [0.15, 0.2) is 0 Å². The summed E-state index contributed by atoms with van der Waals surface area (Å²) in [5.74, 6) is 0. The summed E-state index contributed by atoms with van der Waals surface area (Å²) in [7, 11) is 4.29. The Bertz CT molecular complexity index is 194. The SMILES string of the molecule is CCN(CC1(CN)CCC1)C(C)CN(C)C. The summed E-state index contributed by atoms with van der Waals surface area (Å²) in [6, 6.07) is 0.629. The van der Waals surface area contributed by atoms with Gasteiger partial charge in [0, 0.05) is 19.1 Å². The van der Waals surface area contributed by atoms with Crippen LogP contribution in [0, 0.1) is 5.41 Å². The highest BCUT2D eigenvalue weighted by molar-refractivity contribution is 4.92. The molecule has 0 heterocycles. The molecule has 0 aromatic carbocycles. The van der Waals surface area contributed by atoms with E-state index in [0.29, 0.717) is 11.5 Å². The fourth-order valence-corrected chi connectivity index (χ4v) is 2.76. The van der Waals surface area contributed by atoms with Crippen LogP contribution in [0.25, 0.3) is 0 Å². The molecule has 1 atom stereocenters. The Labute approximate surface area is 101 Å². The molecule has 1 aliphatic rings. The highest BCUT2D eigenvalue weighted by Gasteiger charge is 2.37. The minimum atomic E-state index is 0.441. The van der Waals surface area contributed by atoms with Crippen LogP contribution in [0.4, 0.5) is 0 Å². The Kier molecular flexibility index (Phi) is 5.22. The van der Waals surface area contributed by atoms with E-state index in [1.54, 1.807) is 0 Å². The van der Waals surface area contributed by atoms with Crippen molar-refractivity contribution < 1.29 is 0 Å². The van der Waals surface area contributed by atoms with Crippen molar-refractivity contribution in [1.29, 1.82) is 0 Å². The molecule has 3 heteroatoms. The number of hydrogen-bond acceptors (Lipinski definition) is 3. The van der Waals surface area contributed by atoms with Crippen LogP contribution in [0.5, 0.6) is 0 Å². The molecule has 16 heavy (non-hydrogen) atoms. The maximum atomic E-state index is 5.94. The molecule has 1 aliphatic carbocycles. The van der Waals surface area contributed by atoms with E-state index in [1.807, 2.05) is 0 Å². The molecule has 2 N–H and O–H groups in total. The predicted molar refractivity (Wildman–Crippen MR) is 70.6 cm³/mol. The summed E-state index contributed by atoms with van der Waals surface area (Å²) < 4.78 is 0. The molecule has 0 aromatic heterocycles. The second kappa shape index (κ2) is 5.99. The van der Waals surface area contributed by atoms with Gasteiger partial charge >= 0.3 is 0 Å². The van der Waals surface area contributed by atoms with E-state index in [2.05, 4.69) is 37.7 Å². The lowest BCUT2D eigenvalue weighted by molar-refractivity contribution is 0.0518. The second-order valence-corrected chi connectivity index (χ2v) is 5.73. The van der Waals surface area contributed by atoms with Crippen LogP contribution in [-0.2, 0) is 0 Å². The molecule has 1 unspecified atom stereocenters. The van der Waals surface area contributed by atoms with Gasteiger partial charge in [0.1, 0.15) is 0 Å². The third-order valence-electron chi connectivity index (χ3n) is 4.04. The molecular formula is C13H29N3. The van der Waals surface area contributed by atoms with Crippen molar-refractivity contribution in [2.75, 3.05) is 40.3 Å². The maximum absolute atomic E-state index is 5.94. The minimum Gasteiger partial charge on any atom is -0.330 e. The maximum Gasteiger partial charge on any atom is 0.0194 e. The largest absolute Gasteiger partial charge is 0.330 e. The Balaban J connectivity index is 2.47. The summed E-state index contributed by atoms with van der Waals surface area (Å²) >= 11 is 0. The average Bonchev–Trinajstić information content (AvgIpc) is 2.16. The van der Waals surface area contributed by atoms with E-state index in [0.717, 1.165) is 19.6 Å². The molecule has 0 saturated heterocycles. The zero-order chi connectivity index (χ0) is 12.2. The van der Waals surface area contributed by atoms with Crippen LogP contribution in [0.3, 0.4) is 0 Å². The summed E-state index contributed by atoms with van der Waals surface area (Å²) in [6.07, 6.45) is 4.03. The van der Waals surface area contributed by atoms with E-state index in [9.17, 15) is 0 Å². The fraction of sp³-hybridized carbons (Fsp3) is 1.00. The highest BCUT2D eigenvalue weighted by atomic mass is 15.2. The van der Waals surface area contributed by atoms with E-state index in [1.165, 1.54) is 25.8 Å². The Hall–Kier alpha value is -0.120. The molecule has 0 spiro atoms. The van der Waals surface area contributed by atoms with Gasteiger partial charge in [-0.15, -0.1) is 0 Å². The highest BCUT2D eigenvalue weighted by Crippen LogP contribution is 2.40. The molecule has 3 nitrogen and oxygen atoms in total. The molecular weight excluding hydrogens is 198 g/mol. The Morgan fingerprint density at radius 3 is 2.25 bits per heavy atom. The van der Waals surface area contributed by atoms with Gasteiger partial charge in [0.2, 0.25) is 0 Å². The minimum absolute atomic E-state index is 0.441. The molecule has 0 amide bonds. The van der Waals surface area contributed by atoms with Crippen LogP contribution >= 0.6 is 0 Å². The van der Waals surface area contributed by atoms with E-state index in [4.69, 9.17) is 5.73 Å². The molecule has 1 saturated carbocycles. The summed E-state index contributed by atoms with van der Waals surface area (Å²) in [5.41, 5.74) is 6.38. The number of rotatable bonds is 7. The predicted octanol–water partition coefficient (Wildman–Crippen LogP) is 1.39. The first-order valence-corrected chi connectivity index (χ1v) is 6.62. The van der Waals surface area contributed by atoms with Crippen molar-refractivity contribution in [3.8, 4) is 0 Å². The van der Waals surface area contributed by atoms with E-state index in [-0.39, 0.29) is 0 Å². The summed E-state index contributed by atoms with van der Waals surface area (Å²) in [5, 5.41) is 0. The Morgan fingerprint density at radius 1 is 1.31 bits per heavy atom. The van der Waals surface area contributed by atoms with Crippen molar-refractivity contribution in [3.63, 3.8) is 0 Å². The van der Waals surface area contributed by atoms with Crippen molar-refractivity contribution in [1.82, 2.24) is 9.80 Å². The fourth-order valence-electron chi connectivity index (χ4n) is 2.76. The summed E-state index contributed by atoms with van der Waals surface area (Å²) in [4.78, 5) is 4.86. The third-order valence-corrected chi connectivity index (χ3v) is 4.04. The molecule has 0 aromatic rings.